The summed E-state index contributed by atoms with van der Waals surface area (Å²) in [4.78, 5) is 9.81. The number of nitro benzene ring substituents is 1. The van der Waals surface area contributed by atoms with E-state index in [1.165, 1.54) is 13.2 Å². The van der Waals surface area contributed by atoms with Gasteiger partial charge in [-0.25, -0.2) is 0 Å². The SMILES string of the molecule is COc1noc2ccc(F)c([N+](=O)[O-])c12. The average Bonchev–Trinajstić information content (AvgIpc) is 2.59. The van der Waals surface area contributed by atoms with Crippen LogP contribution in [-0.2, 0) is 0 Å². The Balaban J connectivity index is 2.89. The van der Waals surface area contributed by atoms with Crippen molar-refractivity contribution in [1.82, 2.24) is 5.16 Å². The van der Waals surface area contributed by atoms with E-state index in [4.69, 9.17) is 9.26 Å². The smallest absolute Gasteiger partial charge is 0.321 e. The number of hydrogen-bond acceptors (Lipinski definition) is 5. The second kappa shape index (κ2) is 3.19. The van der Waals surface area contributed by atoms with Gasteiger partial charge in [-0.05, 0) is 17.3 Å². The summed E-state index contributed by atoms with van der Waals surface area (Å²) in [6, 6.07) is 2.21. The van der Waals surface area contributed by atoms with Gasteiger partial charge in [0.15, 0.2) is 11.0 Å². The summed E-state index contributed by atoms with van der Waals surface area (Å²) >= 11 is 0. The zero-order valence-corrected chi connectivity index (χ0v) is 7.56. The molecule has 0 saturated heterocycles. The van der Waals surface area contributed by atoms with E-state index in [1.807, 2.05) is 0 Å². The minimum absolute atomic E-state index is 0.0671. The molecule has 0 fully saturated rings. The highest BCUT2D eigenvalue weighted by Crippen LogP contribution is 2.34. The minimum atomic E-state index is -0.950. The largest absolute Gasteiger partial charge is 0.478 e. The van der Waals surface area contributed by atoms with Crippen molar-refractivity contribution in [3.8, 4) is 5.88 Å². The fourth-order valence-electron chi connectivity index (χ4n) is 1.28. The molecular formula is C8H5FN2O4. The molecule has 15 heavy (non-hydrogen) atoms. The maximum absolute atomic E-state index is 13.2. The number of methoxy groups -OCH3 is 1. The molecule has 1 aromatic carbocycles. The molecule has 0 spiro atoms. The Hall–Kier alpha value is -2.18. The van der Waals surface area contributed by atoms with Crippen LogP contribution in [0.25, 0.3) is 11.0 Å². The lowest BCUT2D eigenvalue weighted by Gasteiger charge is -1.95. The average molecular weight is 212 g/mol. The molecular weight excluding hydrogens is 207 g/mol. The molecule has 0 saturated carbocycles. The number of rotatable bonds is 2. The van der Waals surface area contributed by atoms with Gasteiger partial charge in [-0.1, -0.05) is 0 Å². The van der Waals surface area contributed by atoms with Gasteiger partial charge in [-0.3, -0.25) is 10.1 Å². The van der Waals surface area contributed by atoms with E-state index in [0.29, 0.717) is 0 Å². The predicted octanol–water partition coefficient (Wildman–Crippen LogP) is 1.88. The molecule has 0 aliphatic carbocycles. The Bertz CT molecular complexity index is 537. The standard InChI is InChI=1S/C8H5FN2O4/c1-14-8-6-5(15-10-8)3-2-4(9)7(6)11(12)13/h2-3H,1H3. The van der Waals surface area contributed by atoms with Gasteiger partial charge in [0.25, 0.3) is 5.88 Å². The highest BCUT2D eigenvalue weighted by molar-refractivity contribution is 5.91. The first-order valence-corrected chi connectivity index (χ1v) is 3.91. The van der Waals surface area contributed by atoms with E-state index in [2.05, 4.69) is 5.16 Å². The van der Waals surface area contributed by atoms with E-state index < -0.39 is 16.4 Å². The Morgan fingerprint density at radius 1 is 1.60 bits per heavy atom. The van der Waals surface area contributed by atoms with Crippen LogP contribution in [0, 0.1) is 15.9 Å². The quantitative estimate of drug-likeness (QED) is 0.560. The van der Waals surface area contributed by atoms with Crippen LogP contribution >= 0.6 is 0 Å². The van der Waals surface area contributed by atoms with Gasteiger partial charge in [0.1, 0.15) is 0 Å². The maximum Gasteiger partial charge on any atom is 0.321 e. The van der Waals surface area contributed by atoms with Crippen LogP contribution in [-0.4, -0.2) is 17.2 Å². The normalized spacial score (nSPS) is 10.5. The first-order chi connectivity index (χ1) is 7.15. The molecule has 7 heteroatoms. The fourth-order valence-corrected chi connectivity index (χ4v) is 1.28. The molecule has 0 N–H and O–H groups in total. The molecule has 0 radical (unpaired) electrons. The first kappa shape index (κ1) is 9.38. The van der Waals surface area contributed by atoms with Gasteiger partial charge in [-0.2, -0.15) is 4.39 Å². The second-order valence-corrected chi connectivity index (χ2v) is 2.72. The molecule has 0 aliphatic heterocycles. The number of fused-ring (bicyclic) bond motifs is 1. The Kier molecular flexibility index (Phi) is 2.00. The Labute approximate surface area is 82.4 Å². The Morgan fingerprint density at radius 3 is 2.93 bits per heavy atom. The van der Waals surface area contributed by atoms with Crippen LogP contribution in [0.5, 0.6) is 5.88 Å². The molecule has 78 valence electrons. The zero-order chi connectivity index (χ0) is 11.0. The monoisotopic (exact) mass is 212 g/mol. The lowest BCUT2D eigenvalue weighted by Crippen LogP contribution is -1.94. The summed E-state index contributed by atoms with van der Waals surface area (Å²) in [7, 11) is 1.27. The third kappa shape index (κ3) is 1.28. The number of nitro groups is 1. The minimum Gasteiger partial charge on any atom is -0.478 e. The highest BCUT2D eigenvalue weighted by atomic mass is 19.1. The number of ether oxygens (including phenoxy) is 1. The summed E-state index contributed by atoms with van der Waals surface area (Å²) in [6.07, 6.45) is 0. The first-order valence-electron chi connectivity index (χ1n) is 3.91. The van der Waals surface area contributed by atoms with Crippen LogP contribution < -0.4 is 4.74 Å². The van der Waals surface area contributed by atoms with Crippen molar-refractivity contribution in [2.45, 2.75) is 0 Å². The van der Waals surface area contributed by atoms with E-state index in [-0.39, 0.29) is 16.8 Å². The van der Waals surface area contributed by atoms with Crippen LogP contribution in [0.1, 0.15) is 0 Å². The third-order valence-corrected chi connectivity index (χ3v) is 1.91. The summed E-state index contributed by atoms with van der Waals surface area (Å²) in [5.74, 6) is -1.05. The van der Waals surface area contributed by atoms with Crippen molar-refractivity contribution in [2.24, 2.45) is 0 Å². The number of nitrogens with zero attached hydrogens (tertiary/aromatic N) is 2. The van der Waals surface area contributed by atoms with Crippen molar-refractivity contribution in [2.75, 3.05) is 7.11 Å². The second-order valence-electron chi connectivity index (χ2n) is 2.72. The summed E-state index contributed by atoms with van der Waals surface area (Å²) in [5.41, 5.74) is -0.578. The van der Waals surface area contributed by atoms with Gasteiger partial charge in [0.05, 0.1) is 12.0 Å². The molecule has 2 rings (SSSR count). The van der Waals surface area contributed by atoms with Gasteiger partial charge in [-0.15, -0.1) is 0 Å². The molecule has 0 aliphatic rings. The summed E-state index contributed by atoms with van der Waals surface area (Å²) in [6.45, 7) is 0. The predicted molar refractivity (Wildman–Crippen MR) is 47.2 cm³/mol. The van der Waals surface area contributed by atoms with E-state index >= 15 is 0 Å². The van der Waals surface area contributed by atoms with Crippen LogP contribution in [0.15, 0.2) is 16.7 Å². The van der Waals surface area contributed by atoms with Crippen molar-refractivity contribution < 1.29 is 18.6 Å². The third-order valence-electron chi connectivity index (χ3n) is 1.91. The zero-order valence-electron chi connectivity index (χ0n) is 7.56. The van der Waals surface area contributed by atoms with Gasteiger partial charge in [0.2, 0.25) is 5.82 Å². The topological polar surface area (TPSA) is 78.4 Å². The van der Waals surface area contributed by atoms with Gasteiger partial charge >= 0.3 is 5.69 Å². The molecule has 6 nitrogen and oxygen atoms in total. The van der Waals surface area contributed by atoms with E-state index in [9.17, 15) is 14.5 Å². The lowest BCUT2D eigenvalue weighted by molar-refractivity contribution is -0.385. The molecule has 0 amide bonds. The van der Waals surface area contributed by atoms with Gasteiger partial charge < -0.3 is 9.26 Å². The van der Waals surface area contributed by atoms with E-state index in [1.54, 1.807) is 0 Å². The molecule has 2 aromatic rings. The maximum atomic E-state index is 13.2. The van der Waals surface area contributed by atoms with Crippen molar-refractivity contribution in [1.29, 1.82) is 0 Å². The number of hydrogen-bond donors (Lipinski definition) is 0. The van der Waals surface area contributed by atoms with Crippen molar-refractivity contribution in [3.63, 3.8) is 0 Å². The number of benzene rings is 1. The molecule has 0 bridgehead atoms. The molecule has 1 heterocycles. The van der Waals surface area contributed by atoms with E-state index in [0.717, 1.165) is 6.07 Å². The number of aromatic nitrogens is 1. The highest BCUT2D eigenvalue weighted by Gasteiger charge is 2.25. The summed E-state index contributed by atoms with van der Waals surface area (Å²) in [5, 5.41) is 14.0. The number of halogens is 1. The molecule has 1 aromatic heterocycles. The van der Waals surface area contributed by atoms with Crippen LogP contribution in [0.4, 0.5) is 10.1 Å². The van der Waals surface area contributed by atoms with Crippen molar-refractivity contribution in [3.05, 3.63) is 28.1 Å². The van der Waals surface area contributed by atoms with Crippen LogP contribution in [0.3, 0.4) is 0 Å². The van der Waals surface area contributed by atoms with Crippen molar-refractivity contribution >= 4 is 16.7 Å². The molecule has 0 unspecified atom stereocenters. The molecule has 0 atom stereocenters. The lowest BCUT2D eigenvalue weighted by atomic mass is 10.2. The fraction of sp³-hybridized carbons (Fsp3) is 0.125. The van der Waals surface area contributed by atoms with Crippen LogP contribution in [0.2, 0.25) is 0 Å². The Morgan fingerprint density at radius 2 is 2.33 bits per heavy atom. The summed E-state index contributed by atoms with van der Waals surface area (Å²) < 4.78 is 22.7. The van der Waals surface area contributed by atoms with Gasteiger partial charge in [0, 0.05) is 0 Å².